The van der Waals surface area contributed by atoms with E-state index in [1.165, 1.54) is 12.1 Å². The van der Waals surface area contributed by atoms with Gasteiger partial charge in [0.1, 0.15) is 4.83 Å². The average Bonchev–Trinajstić information content (AvgIpc) is 2.18. The number of carboxylic acid groups (broad SMARTS) is 1. The van der Waals surface area contributed by atoms with E-state index in [9.17, 15) is 14.9 Å². The summed E-state index contributed by atoms with van der Waals surface area (Å²) in [5, 5.41) is 19.0. The summed E-state index contributed by atoms with van der Waals surface area (Å²) >= 11 is 2.99. The molecule has 0 bridgehead atoms. The monoisotopic (exact) mass is 273 g/mol. The van der Waals surface area contributed by atoms with E-state index in [-0.39, 0.29) is 5.69 Å². The fourth-order valence-corrected chi connectivity index (χ4v) is 1.42. The Kier molecular flexibility index (Phi) is 3.79. The van der Waals surface area contributed by atoms with E-state index in [1.807, 2.05) is 0 Å². The van der Waals surface area contributed by atoms with Crippen molar-refractivity contribution < 1.29 is 14.8 Å². The predicted octanol–water partition coefficient (Wildman–Crippen LogP) is 1.99. The zero-order valence-electron chi connectivity index (χ0n) is 7.59. The summed E-state index contributed by atoms with van der Waals surface area (Å²) in [6.45, 7) is 0. The quantitative estimate of drug-likeness (QED) is 0.517. The normalized spacial score (nSPS) is 12.1. The molecule has 80 valence electrons. The Hall–Kier alpha value is -1.43. The SMILES string of the molecule is O=C(O)[C@@H](Br)Cc1ccc([N+](=O)[O-])cc1. The van der Waals surface area contributed by atoms with Crippen LogP contribution in [-0.2, 0) is 11.2 Å². The van der Waals surface area contributed by atoms with Crippen LogP contribution in [0.3, 0.4) is 0 Å². The van der Waals surface area contributed by atoms with E-state index >= 15 is 0 Å². The molecule has 0 aliphatic rings. The summed E-state index contributed by atoms with van der Waals surface area (Å²) in [5.74, 6) is -0.951. The number of alkyl halides is 1. The Morgan fingerprint density at radius 2 is 2.00 bits per heavy atom. The van der Waals surface area contributed by atoms with Crippen molar-refractivity contribution in [2.45, 2.75) is 11.2 Å². The molecule has 5 nitrogen and oxygen atoms in total. The Labute approximate surface area is 94.0 Å². The molecule has 0 radical (unpaired) electrons. The number of nitrogens with zero attached hydrogens (tertiary/aromatic N) is 1. The van der Waals surface area contributed by atoms with E-state index in [0.29, 0.717) is 6.42 Å². The van der Waals surface area contributed by atoms with Crippen LogP contribution < -0.4 is 0 Å². The number of benzene rings is 1. The van der Waals surface area contributed by atoms with E-state index in [2.05, 4.69) is 15.9 Å². The number of carboxylic acids is 1. The maximum atomic E-state index is 10.5. The van der Waals surface area contributed by atoms with Crippen molar-refractivity contribution in [2.24, 2.45) is 0 Å². The number of aliphatic carboxylic acids is 1. The molecule has 15 heavy (non-hydrogen) atoms. The largest absolute Gasteiger partial charge is 0.480 e. The van der Waals surface area contributed by atoms with Gasteiger partial charge in [0, 0.05) is 12.1 Å². The highest BCUT2D eigenvalue weighted by Crippen LogP contribution is 2.15. The molecule has 1 N–H and O–H groups in total. The summed E-state index contributed by atoms with van der Waals surface area (Å²) in [5.41, 5.74) is 0.741. The van der Waals surface area contributed by atoms with Crippen molar-refractivity contribution in [3.05, 3.63) is 39.9 Å². The second-order valence-electron chi connectivity index (χ2n) is 2.93. The molecular weight excluding hydrogens is 266 g/mol. The van der Waals surface area contributed by atoms with Crippen LogP contribution in [0, 0.1) is 10.1 Å². The Morgan fingerprint density at radius 3 is 2.40 bits per heavy atom. The standard InChI is InChI=1S/C9H8BrNO4/c10-8(9(12)13)5-6-1-3-7(4-2-6)11(14)15/h1-4,8H,5H2,(H,12,13)/t8-/m0/s1. The van der Waals surface area contributed by atoms with E-state index < -0.39 is 15.7 Å². The van der Waals surface area contributed by atoms with Crippen LogP contribution in [0.15, 0.2) is 24.3 Å². The lowest BCUT2D eigenvalue weighted by molar-refractivity contribution is -0.384. The first kappa shape index (κ1) is 11.6. The maximum Gasteiger partial charge on any atom is 0.317 e. The van der Waals surface area contributed by atoms with Gasteiger partial charge < -0.3 is 5.11 Å². The third kappa shape index (κ3) is 3.32. The van der Waals surface area contributed by atoms with Crippen molar-refractivity contribution in [3.63, 3.8) is 0 Å². The highest BCUT2D eigenvalue weighted by Gasteiger charge is 2.14. The van der Waals surface area contributed by atoms with Crippen LogP contribution >= 0.6 is 15.9 Å². The minimum absolute atomic E-state index is 0.000183. The van der Waals surface area contributed by atoms with Gasteiger partial charge in [-0.3, -0.25) is 14.9 Å². The van der Waals surface area contributed by atoms with Crippen LogP contribution in [0.25, 0.3) is 0 Å². The molecule has 0 heterocycles. The summed E-state index contributed by atoms with van der Waals surface area (Å²) < 4.78 is 0. The fraction of sp³-hybridized carbons (Fsp3) is 0.222. The lowest BCUT2D eigenvalue weighted by atomic mass is 10.1. The van der Waals surface area contributed by atoms with Gasteiger partial charge in [0.2, 0.25) is 0 Å². The molecule has 1 rings (SSSR count). The molecular formula is C9H8BrNO4. The summed E-state index contributed by atoms with van der Waals surface area (Å²) in [7, 11) is 0. The molecule has 1 aromatic carbocycles. The number of rotatable bonds is 4. The number of non-ortho nitro benzene ring substituents is 1. The molecule has 0 unspecified atom stereocenters. The Bertz CT molecular complexity index is 376. The summed E-state index contributed by atoms with van der Waals surface area (Å²) in [4.78, 5) is 19.7. The van der Waals surface area contributed by atoms with E-state index in [0.717, 1.165) is 5.56 Å². The average molecular weight is 274 g/mol. The first-order chi connectivity index (χ1) is 7.00. The van der Waals surface area contributed by atoms with Gasteiger partial charge in [-0.2, -0.15) is 0 Å². The number of hydrogen-bond donors (Lipinski definition) is 1. The van der Waals surface area contributed by atoms with Gasteiger partial charge in [-0.1, -0.05) is 28.1 Å². The molecule has 0 aliphatic heterocycles. The molecule has 1 aromatic rings. The molecule has 0 aromatic heterocycles. The second-order valence-corrected chi connectivity index (χ2v) is 4.04. The number of hydrogen-bond acceptors (Lipinski definition) is 3. The molecule has 0 fully saturated rings. The maximum absolute atomic E-state index is 10.5. The van der Waals surface area contributed by atoms with Crippen molar-refractivity contribution in [3.8, 4) is 0 Å². The van der Waals surface area contributed by atoms with Gasteiger partial charge in [0.25, 0.3) is 5.69 Å². The number of carbonyl (C=O) groups is 1. The molecule has 1 atom stereocenters. The van der Waals surface area contributed by atoms with E-state index in [4.69, 9.17) is 5.11 Å². The third-order valence-corrected chi connectivity index (χ3v) is 2.55. The van der Waals surface area contributed by atoms with Gasteiger partial charge in [0.05, 0.1) is 4.92 Å². The summed E-state index contributed by atoms with van der Waals surface area (Å²) in [6, 6.07) is 5.82. The highest BCUT2D eigenvalue weighted by molar-refractivity contribution is 9.10. The zero-order valence-corrected chi connectivity index (χ0v) is 9.18. The van der Waals surface area contributed by atoms with Gasteiger partial charge >= 0.3 is 5.97 Å². The van der Waals surface area contributed by atoms with Crippen molar-refractivity contribution in [1.82, 2.24) is 0 Å². The highest BCUT2D eigenvalue weighted by atomic mass is 79.9. The number of nitro benzene ring substituents is 1. The third-order valence-electron chi connectivity index (χ3n) is 1.83. The molecule has 0 spiro atoms. The van der Waals surface area contributed by atoms with Crippen LogP contribution in [0.2, 0.25) is 0 Å². The lowest BCUT2D eigenvalue weighted by Crippen LogP contribution is -2.15. The topological polar surface area (TPSA) is 80.4 Å². The first-order valence-electron chi connectivity index (χ1n) is 4.11. The van der Waals surface area contributed by atoms with Crippen molar-refractivity contribution in [2.75, 3.05) is 0 Å². The number of halogens is 1. The molecule has 0 amide bonds. The zero-order chi connectivity index (χ0) is 11.4. The van der Waals surface area contributed by atoms with E-state index in [1.54, 1.807) is 12.1 Å². The summed E-state index contributed by atoms with van der Waals surface area (Å²) in [6.07, 6.45) is 0.299. The second kappa shape index (κ2) is 4.88. The first-order valence-corrected chi connectivity index (χ1v) is 5.02. The van der Waals surface area contributed by atoms with Crippen molar-refractivity contribution in [1.29, 1.82) is 0 Å². The minimum Gasteiger partial charge on any atom is -0.480 e. The predicted molar refractivity (Wildman–Crippen MR) is 57.2 cm³/mol. The molecule has 0 saturated heterocycles. The van der Waals surface area contributed by atoms with Crippen LogP contribution in [0.5, 0.6) is 0 Å². The molecule has 0 saturated carbocycles. The van der Waals surface area contributed by atoms with Crippen LogP contribution in [-0.4, -0.2) is 20.8 Å². The fourth-order valence-electron chi connectivity index (χ4n) is 1.05. The Balaban J connectivity index is 2.72. The molecule has 6 heteroatoms. The van der Waals surface area contributed by atoms with Gasteiger partial charge in [0.15, 0.2) is 0 Å². The van der Waals surface area contributed by atoms with Gasteiger partial charge in [-0.15, -0.1) is 0 Å². The smallest absolute Gasteiger partial charge is 0.317 e. The van der Waals surface area contributed by atoms with Gasteiger partial charge in [-0.25, -0.2) is 0 Å². The lowest BCUT2D eigenvalue weighted by Gasteiger charge is -2.03. The van der Waals surface area contributed by atoms with Crippen molar-refractivity contribution >= 4 is 27.6 Å². The van der Waals surface area contributed by atoms with Gasteiger partial charge in [-0.05, 0) is 12.0 Å². The van der Waals surface area contributed by atoms with Crippen LogP contribution in [0.4, 0.5) is 5.69 Å². The minimum atomic E-state index is -0.951. The molecule has 0 aliphatic carbocycles. The van der Waals surface area contributed by atoms with Crippen LogP contribution in [0.1, 0.15) is 5.56 Å². The Morgan fingerprint density at radius 1 is 1.47 bits per heavy atom. The number of nitro groups is 1.